The number of nitrogens with one attached hydrogen (secondary N) is 1. The van der Waals surface area contributed by atoms with Crippen molar-refractivity contribution in [1.82, 2.24) is 5.32 Å². The highest BCUT2D eigenvalue weighted by Crippen LogP contribution is 2.22. The van der Waals surface area contributed by atoms with Crippen molar-refractivity contribution in [3.63, 3.8) is 0 Å². The molecule has 0 radical (unpaired) electrons. The second-order valence-electron chi connectivity index (χ2n) is 5.38. The summed E-state index contributed by atoms with van der Waals surface area (Å²) in [7, 11) is -2.85. The average molecular weight is 259 g/mol. The van der Waals surface area contributed by atoms with Crippen LogP contribution in [-0.4, -0.2) is 31.9 Å². The van der Waals surface area contributed by atoms with E-state index in [1.165, 1.54) is 19.3 Å². The van der Waals surface area contributed by atoms with Gasteiger partial charge < -0.3 is 5.32 Å². The van der Waals surface area contributed by atoms with Crippen LogP contribution in [0.3, 0.4) is 0 Å². The Morgan fingerprint density at radius 3 is 2.41 bits per heavy atom. The van der Waals surface area contributed by atoms with Gasteiger partial charge >= 0.3 is 0 Å². The zero-order chi connectivity index (χ0) is 12.3. The third kappa shape index (κ3) is 3.98. The standard InChI is InChI=1S/C12H21NO3S/c14-12(13-11-4-2-1-3-5-11)8-10-6-7-17(15,16)9-10/h10-11H,1-9H2,(H,13,14)/t10-/m0/s1. The van der Waals surface area contributed by atoms with Crippen molar-refractivity contribution >= 4 is 15.7 Å². The first-order valence-corrected chi connectivity index (χ1v) is 8.37. The van der Waals surface area contributed by atoms with Crippen LogP contribution in [0.25, 0.3) is 0 Å². The minimum atomic E-state index is -2.85. The predicted molar refractivity (Wildman–Crippen MR) is 66.4 cm³/mol. The topological polar surface area (TPSA) is 63.2 Å². The van der Waals surface area contributed by atoms with Crippen LogP contribution in [-0.2, 0) is 14.6 Å². The van der Waals surface area contributed by atoms with Crippen LogP contribution >= 0.6 is 0 Å². The first-order chi connectivity index (χ1) is 8.05. The number of hydrogen-bond donors (Lipinski definition) is 1. The monoisotopic (exact) mass is 259 g/mol. The van der Waals surface area contributed by atoms with Crippen molar-refractivity contribution in [2.75, 3.05) is 11.5 Å². The normalized spacial score (nSPS) is 29.1. The van der Waals surface area contributed by atoms with Crippen molar-refractivity contribution < 1.29 is 13.2 Å². The van der Waals surface area contributed by atoms with Gasteiger partial charge in [0.2, 0.25) is 5.91 Å². The highest BCUT2D eigenvalue weighted by molar-refractivity contribution is 7.91. The van der Waals surface area contributed by atoms with Crippen LogP contribution in [0.15, 0.2) is 0 Å². The maximum Gasteiger partial charge on any atom is 0.220 e. The van der Waals surface area contributed by atoms with Gasteiger partial charge in [-0.25, -0.2) is 8.42 Å². The zero-order valence-electron chi connectivity index (χ0n) is 10.2. The first kappa shape index (κ1) is 12.9. The maximum atomic E-state index is 11.8. The molecule has 1 amide bonds. The van der Waals surface area contributed by atoms with Crippen LogP contribution in [0.2, 0.25) is 0 Å². The smallest absolute Gasteiger partial charge is 0.220 e. The van der Waals surface area contributed by atoms with Crippen LogP contribution in [0, 0.1) is 5.92 Å². The Bertz CT molecular complexity index is 371. The molecule has 1 saturated carbocycles. The molecule has 2 fully saturated rings. The number of hydrogen-bond acceptors (Lipinski definition) is 3. The molecule has 17 heavy (non-hydrogen) atoms. The van der Waals surface area contributed by atoms with E-state index in [-0.39, 0.29) is 23.3 Å². The minimum absolute atomic E-state index is 0.0407. The fourth-order valence-electron chi connectivity index (χ4n) is 2.83. The third-order valence-corrected chi connectivity index (χ3v) is 5.61. The molecule has 1 heterocycles. The van der Waals surface area contributed by atoms with E-state index >= 15 is 0 Å². The van der Waals surface area contributed by atoms with E-state index in [1.807, 2.05) is 0 Å². The summed E-state index contributed by atoms with van der Waals surface area (Å²) in [6.45, 7) is 0. The first-order valence-electron chi connectivity index (χ1n) is 6.55. The van der Waals surface area contributed by atoms with E-state index < -0.39 is 9.84 Å². The van der Waals surface area contributed by atoms with Gasteiger partial charge in [-0.3, -0.25) is 4.79 Å². The Morgan fingerprint density at radius 1 is 1.12 bits per heavy atom. The van der Waals surface area contributed by atoms with Gasteiger partial charge in [0.05, 0.1) is 11.5 Å². The molecule has 98 valence electrons. The number of carbonyl (C=O) groups excluding carboxylic acids is 1. The fraction of sp³-hybridized carbons (Fsp3) is 0.917. The van der Waals surface area contributed by atoms with Crippen LogP contribution < -0.4 is 5.32 Å². The van der Waals surface area contributed by atoms with Crippen molar-refractivity contribution in [2.45, 2.75) is 51.0 Å². The van der Waals surface area contributed by atoms with Gasteiger partial charge in [-0.05, 0) is 25.2 Å². The van der Waals surface area contributed by atoms with Crippen LogP contribution in [0.5, 0.6) is 0 Å². The predicted octanol–water partition coefficient (Wildman–Crippen LogP) is 1.26. The van der Waals surface area contributed by atoms with E-state index in [0.29, 0.717) is 18.9 Å². The summed E-state index contributed by atoms with van der Waals surface area (Å²) in [5.41, 5.74) is 0. The molecule has 0 aromatic rings. The molecule has 2 rings (SSSR count). The molecular weight excluding hydrogens is 238 g/mol. The molecule has 0 aromatic heterocycles. The minimum Gasteiger partial charge on any atom is -0.353 e. The third-order valence-electron chi connectivity index (χ3n) is 3.77. The summed E-state index contributed by atoms with van der Waals surface area (Å²) >= 11 is 0. The van der Waals surface area contributed by atoms with E-state index in [9.17, 15) is 13.2 Å². The van der Waals surface area contributed by atoms with E-state index in [0.717, 1.165) is 12.8 Å². The summed E-state index contributed by atoms with van der Waals surface area (Å²) in [5, 5.41) is 3.04. The van der Waals surface area contributed by atoms with Gasteiger partial charge in [0.15, 0.2) is 9.84 Å². The molecule has 1 atom stereocenters. The SMILES string of the molecule is O=C(C[C@@H]1CCS(=O)(=O)C1)NC1CCCCC1. The van der Waals surface area contributed by atoms with Crippen molar-refractivity contribution in [3.05, 3.63) is 0 Å². The van der Waals surface area contributed by atoms with Gasteiger partial charge in [0, 0.05) is 12.5 Å². The van der Waals surface area contributed by atoms with E-state index in [1.54, 1.807) is 0 Å². The molecule has 1 N–H and O–H groups in total. The van der Waals surface area contributed by atoms with E-state index in [2.05, 4.69) is 5.32 Å². The van der Waals surface area contributed by atoms with Gasteiger partial charge in [-0.15, -0.1) is 0 Å². The summed E-state index contributed by atoms with van der Waals surface area (Å²) < 4.78 is 22.6. The lowest BCUT2D eigenvalue weighted by atomic mass is 9.95. The number of rotatable bonds is 3. The zero-order valence-corrected chi connectivity index (χ0v) is 11.0. The lowest BCUT2D eigenvalue weighted by Gasteiger charge is -2.23. The molecule has 0 bridgehead atoms. The Balaban J connectivity index is 1.74. The van der Waals surface area contributed by atoms with Gasteiger partial charge in [0.25, 0.3) is 0 Å². The molecule has 0 unspecified atom stereocenters. The number of sulfone groups is 1. The quantitative estimate of drug-likeness (QED) is 0.830. The second-order valence-corrected chi connectivity index (χ2v) is 7.60. The van der Waals surface area contributed by atoms with Crippen molar-refractivity contribution in [3.8, 4) is 0 Å². The summed E-state index contributed by atoms with van der Waals surface area (Å²) in [6, 6.07) is 0.328. The highest BCUT2D eigenvalue weighted by atomic mass is 32.2. The summed E-state index contributed by atoms with van der Waals surface area (Å²) in [4.78, 5) is 11.8. The van der Waals surface area contributed by atoms with Gasteiger partial charge in [-0.1, -0.05) is 19.3 Å². The summed E-state index contributed by atoms with van der Waals surface area (Å²) in [6.07, 6.45) is 6.86. The summed E-state index contributed by atoms with van der Waals surface area (Å²) in [5.74, 6) is 0.544. The molecule has 2 aliphatic rings. The molecule has 1 aliphatic carbocycles. The second kappa shape index (κ2) is 5.38. The maximum absolute atomic E-state index is 11.8. The Hall–Kier alpha value is -0.580. The Labute approximate surface area is 103 Å². The van der Waals surface area contributed by atoms with Gasteiger partial charge in [0.1, 0.15) is 0 Å². The van der Waals surface area contributed by atoms with Crippen molar-refractivity contribution in [2.24, 2.45) is 5.92 Å². The van der Waals surface area contributed by atoms with Crippen molar-refractivity contribution in [1.29, 1.82) is 0 Å². The molecule has 1 aliphatic heterocycles. The van der Waals surface area contributed by atoms with Gasteiger partial charge in [-0.2, -0.15) is 0 Å². The lowest BCUT2D eigenvalue weighted by Crippen LogP contribution is -2.37. The molecular formula is C12H21NO3S. The Kier molecular flexibility index (Phi) is 4.07. The molecule has 0 aromatic carbocycles. The molecule has 1 saturated heterocycles. The number of amides is 1. The van der Waals surface area contributed by atoms with Crippen LogP contribution in [0.4, 0.5) is 0 Å². The molecule has 5 heteroatoms. The Morgan fingerprint density at radius 2 is 1.82 bits per heavy atom. The number of carbonyl (C=O) groups is 1. The van der Waals surface area contributed by atoms with Crippen LogP contribution in [0.1, 0.15) is 44.9 Å². The average Bonchev–Trinajstić information content (AvgIpc) is 2.59. The fourth-order valence-corrected chi connectivity index (χ4v) is 4.69. The molecule has 4 nitrogen and oxygen atoms in total. The molecule has 0 spiro atoms. The van der Waals surface area contributed by atoms with E-state index in [4.69, 9.17) is 0 Å². The lowest BCUT2D eigenvalue weighted by molar-refractivity contribution is -0.122. The highest BCUT2D eigenvalue weighted by Gasteiger charge is 2.29. The largest absolute Gasteiger partial charge is 0.353 e.